The second kappa shape index (κ2) is 9.58. The molecule has 0 bridgehead atoms. The minimum absolute atomic E-state index is 0. The Kier molecular flexibility index (Phi) is 9.86. The molecule has 1 aromatic carbocycles. The van der Waals surface area contributed by atoms with Crippen LogP contribution in [0.3, 0.4) is 0 Å². The summed E-state index contributed by atoms with van der Waals surface area (Å²) in [6, 6.07) is 3.82. The van der Waals surface area contributed by atoms with E-state index in [1.54, 1.807) is 6.07 Å². The van der Waals surface area contributed by atoms with Crippen molar-refractivity contribution in [1.29, 1.82) is 0 Å². The Hall–Kier alpha value is 0.590. The Morgan fingerprint density at radius 3 is 2.20 bits per heavy atom. The third-order valence-electron chi connectivity index (χ3n) is 3.39. The highest BCUT2D eigenvalue weighted by Crippen LogP contribution is 2.39. The van der Waals surface area contributed by atoms with E-state index in [-0.39, 0.29) is 30.9 Å². The summed E-state index contributed by atoms with van der Waals surface area (Å²) in [7, 11) is 0. The Morgan fingerprint density at radius 2 is 1.65 bits per heavy atom. The molecule has 2 nitrogen and oxygen atoms in total. The van der Waals surface area contributed by atoms with Crippen LogP contribution in [-0.2, 0) is 0 Å². The molecular formula is C13H19Cl5N2. The number of rotatable bonds is 3. The summed E-state index contributed by atoms with van der Waals surface area (Å²) in [4.78, 5) is 2.42. The molecule has 1 N–H and O–H groups in total. The number of nitrogens with one attached hydrogen (secondary N) is 1. The van der Waals surface area contributed by atoms with Crippen molar-refractivity contribution in [3.8, 4) is 0 Å². The van der Waals surface area contributed by atoms with Crippen LogP contribution in [-0.4, -0.2) is 31.1 Å². The van der Waals surface area contributed by atoms with Crippen LogP contribution in [0.5, 0.6) is 0 Å². The van der Waals surface area contributed by atoms with Crippen LogP contribution in [0.15, 0.2) is 12.1 Å². The predicted molar refractivity (Wildman–Crippen MR) is 93.4 cm³/mol. The standard InChI is InChI=1S/C13H17Cl3N2.2ClH/c1-2-11(18-7-5-17-6-8-18)12-9(14)3-4-10(15)13(12)16;;/h3-4,11,17H,2,5-8H2,1H3;2*1H/t11-;;/m0../s1. The molecule has 0 unspecified atom stereocenters. The maximum Gasteiger partial charge on any atom is 0.0655 e. The van der Waals surface area contributed by atoms with E-state index in [1.807, 2.05) is 6.07 Å². The highest BCUT2D eigenvalue weighted by atomic mass is 35.5. The van der Waals surface area contributed by atoms with Crippen LogP contribution in [0.4, 0.5) is 0 Å². The molecule has 0 aromatic heterocycles. The average molecular weight is 381 g/mol. The van der Waals surface area contributed by atoms with E-state index in [1.165, 1.54) is 0 Å². The lowest BCUT2D eigenvalue weighted by molar-refractivity contribution is 0.169. The summed E-state index contributed by atoms with van der Waals surface area (Å²) in [5.74, 6) is 0. The smallest absolute Gasteiger partial charge is 0.0655 e. The van der Waals surface area contributed by atoms with Gasteiger partial charge in [0.2, 0.25) is 0 Å². The van der Waals surface area contributed by atoms with E-state index in [0.717, 1.165) is 38.2 Å². The van der Waals surface area contributed by atoms with Gasteiger partial charge in [0, 0.05) is 42.8 Å². The zero-order valence-electron chi connectivity index (χ0n) is 11.2. The van der Waals surface area contributed by atoms with Gasteiger partial charge in [-0.05, 0) is 18.6 Å². The quantitative estimate of drug-likeness (QED) is 0.755. The molecule has 1 aromatic rings. The fraction of sp³-hybridized carbons (Fsp3) is 0.538. The lowest BCUT2D eigenvalue weighted by atomic mass is 10.0. The molecule has 0 saturated carbocycles. The van der Waals surface area contributed by atoms with Crippen LogP contribution in [0.25, 0.3) is 0 Å². The first kappa shape index (κ1) is 20.6. The van der Waals surface area contributed by atoms with Gasteiger partial charge in [-0.25, -0.2) is 0 Å². The van der Waals surface area contributed by atoms with Crippen LogP contribution in [0.2, 0.25) is 15.1 Å². The molecule has 1 fully saturated rings. The summed E-state index contributed by atoms with van der Waals surface area (Å²) in [5, 5.41) is 5.22. The fourth-order valence-electron chi connectivity index (χ4n) is 2.49. The van der Waals surface area contributed by atoms with Gasteiger partial charge < -0.3 is 5.32 Å². The van der Waals surface area contributed by atoms with Gasteiger partial charge in [0.25, 0.3) is 0 Å². The molecule has 1 heterocycles. The second-order valence-electron chi connectivity index (χ2n) is 4.47. The topological polar surface area (TPSA) is 15.3 Å². The molecule has 1 atom stereocenters. The molecule has 0 amide bonds. The molecular weight excluding hydrogens is 361 g/mol. The van der Waals surface area contributed by atoms with Crippen LogP contribution in [0.1, 0.15) is 24.9 Å². The molecule has 0 aliphatic carbocycles. The SMILES string of the molecule is CC[C@@H](c1c(Cl)ccc(Cl)c1Cl)N1CCNCC1.Cl.Cl. The third kappa shape index (κ3) is 4.54. The molecule has 116 valence electrons. The van der Waals surface area contributed by atoms with Gasteiger partial charge in [0.05, 0.1) is 10.0 Å². The average Bonchev–Trinajstić information content (AvgIpc) is 2.40. The van der Waals surface area contributed by atoms with Gasteiger partial charge in [-0.1, -0.05) is 41.7 Å². The summed E-state index contributed by atoms with van der Waals surface area (Å²) < 4.78 is 0. The largest absolute Gasteiger partial charge is 0.314 e. The number of hydrogen-bond acceptors (Lipinski definition) is 2. The first-order valence-corrected chi connectivity index (χ1v) is 7.36. The minimum atomic E-state index is 0. The molecule has 0 spiro atoms. The highest BCUT2D eigenvalue weighted by Gasteiger charge is 2.25. The van der Waals surface area contributed by atoms with Crippen molar-refractivity contribution in [2.45, 2.75) is 19.4 Å². The van der Waals surface area contributed by atoms with E-state index in [4.69, 9.17) is 34.8 Å². The van der Waals surface area contributed by atoms with E-state index < -0.39 is 0 Å². The van der Waals surface area contributed by atoms with Gasteiger partial charge in [0.1, 0.15) is 0 Å². The van der Waals surface area contributed by atoms with Crippen molar-refractivity contribution in [3.63, 3.8) is 0 Å². The number of nitrogens with zero attached hydrogens (tertiary/aromatic N) is 1. The first-order chi connectivity index (χ1) is 8.65. The van der Waals surface area contributed by atoms with Crippen LogP contribution in [0, 0.1) is 0 Å². The van der Waals surface area contributed by atoms with Crippen molar-refractivity contribution in [1.82, 2.24) is 10.2 Å². The lowest BCUT2D eigenvalue weighted by Gasteiger charge is -2.35. The number of hydrogen-bond donors (Lipinski definition) is 1. The number of benzene rings is 1. The van der Waals surface area contributed by atoms with Gasteiger partial charge in [-0.3, -0.25) is 4.90 Å². The maximum atomic E-state index is 6.33. The number of halogens is 5. The van der Waals surface area contributed by atoms with E-state index in [2.05, 4.69) is 17.1 Å². The van der Waals surface area contributed by atoms with Gasteiger partial charge in [0.15, 0.2) is 0 Å². The Bertz CT molecular complexity index is 421. The van der Waals surface area contributed by atoms with Crippen molar-refractivity contribution in [3.05, 3.63) is 32.8 Å². The van der Waals surface area contributed by atoms with E-state index >= 15 is 0 Å². The summed E-state index contributed by atoms with van der Waals surface area (Å²) >= 11 is 18.7. The van der Waals surface area contributed by atoms with E-state index in [0.29, 0.717) is 15.1 Å². The minimum Gasteiger partial charge on any atom is -0.314 e. The van der Waals surface area contributed by atoms with E-state index in [9.17, 15) is 0 Å². The molecule has 1 saturated heterocycles. The van der Waals surface area contributed by atoms with Gasteiger partial charge >= 0.3 is 0 Å². The highest BCUT2D eigenvalue weighted by molar-refractivity contribution is 6.44. The number of piperazine rings is 1. The summed E-state index contributed by atoms with van der Waals surface area (Å²) in [6.07, 6.45) is 0.972. The van der Waals surface area contributed by atoms with Crippen LogP contribution >= 0.6 is 59.6 Å². The zero-order valence-corrected chi connectivity index (χ0v) is 15.1. The van der Waals surface area contributed by atoms with Crippen molar-refractivity contribution >= 4 is 59.6 Å². The fourth-order valence-corrected chi connectivity index (χ4v) is 3.27. The van der Waals surface area contributed by atoms with Crippen molar-refractivity contribution in [2.75, 3.05) is 26.2 Å². The third-order valence-corrected chi connectivity index (χ3v) is 4.54. The molecule has 7 heteroatoms. The van der Waals surface area contributed by atoms with Crippen molar-refractivity contribution < 1.29 is 0 Å². The predicted octanol–water partition coefficient (Wildman–Crippen LogP) is 4.85. The lowest BCUT2D eigenvalue weighted by Crippen LogP contribution is -2.45. The molecule has 2 rings (SSSR count). The molecule has 1 aliphatic heterocycles. The Morgan fingerprint density at radius 1 is 1.10 bits per heavy atom. The van der Waals surface area contributed by atoms with Gasteiger partial charge in [-0.15, -0.1) is 24.8 Å². The Labute approximate surface area is 148 Å². The normalized spacial score (nSPS) is 17.0. The van der Waals surface area contributed by atoms with Gasteiger partial charge in [-0.2, -0.15) is 0 Å². The van der Waals surface area contributed by atoms with Crippen LogP contribution < -0.4 is 5.32 Å². The molecule has 20 heavy (non-hydrogen) atoms. The molecule has 0 radical (unpaired) electrons. The second-order valence-corrected chi connectivity index (χ2v) is 5.66. The zero-order chi connectivity index (χ0) is 13.1. The maximum absolute atomic E-state index is 6.33. The first-order valence-electron chi connectivity index (χ1n) is 6.23. The summed E-state index contributed by atoms with van der Waals surface area (Å²) in [6.45, 7) is 6.19. The monoisotopic (exact) mass is 378 g/mol. The Balaban J connectivity index is 0.00000180. The molecule has 1 aliphatic rings. The summed E-state index contributed by atoms with van der Waals surface area (Å²) in [5.41, 5.74) is 0.968. The van der Waals surface area contributed by atoms with Crippen molar-refractivity contribution in [2.24, 2.45) is 0 Å².